The fourth-order valence-corrected chi connectivity index (χ4v) is 4.27. The molecule has 1 spiro atoms. The number of carboxylic acids is 1. The van der Waals surface area contributed by atoms with Crippen molar-refractivity contribution in [2.45, 2.75) is 37.8 Å². The number of alkyl halides is 3. The second kappa shape index (κ2) is 9.00. The van der Waals surface area contributed by atoms with E-state index in [2.05, 4.69) is 10.6 Å². The number of hydrogen-bond donors (Lipinski definition) is 3. The zero-order valence-electron chi connectivity index (χ0n) is 16.9. The normalized spacial score (nSPS) is 22.5. The summed E-state index contributed by atoms with van der Waals surface area (Å²) < 4.78 is 60.9. The van der Waals surface area contributed by atoms with Gasteiger partial charge in [0.15, 0.2) is 0 Å². The van der Waals surface area contributed by atoms with Crippen molar-refractivity contribution in [2.75, 3.05) is 31.1 Å². The summed E-state index contributed by atoms with van der Waals surface area (Å²) in [7, 11) is 0. The van der Waals surface area contributed by atoms with Crippen molar-refractivity contribution in [3.05, 3.63) is 29.3 Å². The van der Waals surface area contributed by atoms with Gasteiger partial charge in [0, 0.05) is 36.2 Å². The van der Waals surface area contributed by atoms with Crippen LogP contribution in [0.1, 0.15) is 37.2 Å². The Morgan fingerprint density at radius 3 is 2.09 bits per heavy atom. The number of halogens is 5. The van der Waals surface area contributed by atoms with Gasteiger partial charge in [-0.3, -0.25) is 14.9 Å². The van der Waals surface area contributed by atoms with Crippen LogP contribution in [0.15, 0.2) is 12.1 Å². The van der Waals surface area contributed by atoms with E-state index in [1.54, 1.807) is 0 Å². The summed E-state index contributed by atoms with van der Waals surface area (Å²) in [4.78, 5) is 34.0. The largest absolute Gasteiger partial charge is 0.490 e. The van der Waals surface area contributed by atoms with E-state index in [4.69, 9.17) is 9.90 Å². The Balaban J connectivity index is 0.000000360. The molecule has 0 aliphatic carbocycles. The van der Waals surface area contributed by atoms with Gasteiger partial charge in [-0.05, 0) is 44.5 Å². The first kappa shape index (κ1) is 23.9. The molecule has 3 N–H and O–H groups in total. The van der Waals surface area contributed by atoms with Gasteiger partial charge in [0.25, 0.3) is 0 Å². The van der Waals surface area contributed by atoms with Crippen molar-refractivity contribution in [1.29, 1.82) is 0 Å². The van der Waals surface area contributed by atoms with Crippen LogP contribution in [0.2, 0.25) is 0 Å². The van der Waals surface area contributed by atoms with Crippen LogP contribution >= 0.6 is 0 Å². The SMILES string of the molecule is O=C(O)C(F)(F)F.O=C1CCC(c2c(F)cc(N3CC4(CCNCC4)C3)cc2F)C(=O)N1. The molecule has 7 nitrogen and oxygen atoms in total. The number of hydrogen-bond acceptors (Lipinski definition) is 5. The van der Waals surface area contributed by atoms with E-state index in [1.807, 2.05) is 4.90 Å². The topological polar surface area (TPSA) is 98.7 Å². The number of nitrogens with zero attached hydrogens (tertiary/aromatic N) is 1. The van der Waals surface area contributed by atoms with Crippen LogP contribution in [0.4, 0.5) is 27.6 Å². The quantitative estimate of drug-likeness (QED) is 0.460. The summed E-state index contributed by atoms with van der Waals surface area (Å²) in [6.45, 7) is 3.60. The molecule has 3 fully saturated rings. The smallest absolute Gasteiger partial charge is 0.475 e. The Hall–Kier alpha value is -2.76. The van der Waals surface area contributed by atoms with E-state index in [1.165, 1.54) is 12.1 Å². The third kappa shape index (κ3) is 5.17. The number of rotatable bonds is 2. The zero-order chi connectivity index (χ0) is 23.7. The van der Waals surface area contributed by atoms with Crippen molar-refractivity contribution in [3.8, 4) is 0 Å². The van der Waals surface area contributed by atoms with Gasteiger partial charge < -0.3 is 15.3 Å². The molecule has 3 saturated heterocycles. The molecule has 2 amide bonds. The number of benzene rings is 1. The molecule has 0 bridgehead atoms. The minimum atomic E-state index is -5.08. The zero-order valence-corrected chi connectivity index (χ0v) is 16.9. The molecule has 0 radical (unpaired) electrons. The molecule has 1 atom stereocenters. The van der Waals surface area contributed by atoms with Crippen LogP contribution < -0.4 is 15.5 Å². The average Bonchev–Trinajstić information content (AvgIpc) is 2.67. The first-order valence-corrected chi connectivity index (χ1v) is 10.0. The predicted octanol–water partition coefficient (Wildman–Crippen LogP) is 2.31. The van der Waals surface area contributed by atoms with Crippen molar-refractivity contribution < 1.29 is 41.4 Å². The maximum absolute atomic E-state index is 14.6. The second-order valence-corrected chi connectivity index (χ2v) is 8.24. The van der Waals surface area contributed by atoms with Crippen LogP contribution in [0.25, 0.3) is 0 Å². The van der Waals surface area contributed by atoms with Crippen LogP contribution in [-0.2, 0) is 14.4 Å². The number of imide groups is 1. The average molecular weight is 463 g/mol. The van der Waals surface area contributed by atoms with E-state index in [9.17, 15) is 31.5 Å². The highest BCUT2D eigenvalue weighted by Crippen LogP contribution is 2.42. The van der Waals surface area contributed by atoms with E-state index in [-0.39, 0.29) is 23.8 Å². The molecule has 12 heteroatoms. The number of aliphatic carboxylic acids is 1. The molecule has 1 aromatic carbocycles. The van der Waals surface area contributed by atoms with Gasteiger partial charge in [0.1, 0.15) is 11.6 Å². The molecule has 0 saturated carbocycles. The fraction of sp³-hybridized carbons (Fsp3) is 0.550. The number of anilines is 1. The molecule has 1 unspecified atom stereocenters. The molecular formula is C20H22F5N3O4. The number of nitrogens with one attached hydrogen (secondary N) is 2. The Morgan fingerprint density at radius 1 is 1.09 bits per heavy atom. The van der Waals surface area contributed by atoms with Gasteiger partial charge in [-0.2, -0.15) is 13.2 Å². The minimum absolute atomic E-state index is 0.0969. The Bertz CT molecular complexity index is 884. The van der Waals surface area contributed by atoms with Crippen LogP contribution in [0, 0.1) is 17.0 Å². The molecule has 176 valence electrons. The number of piperidine rings is 2. The third-order valence-corrected chi connectivity index (χ3v) is 5.98. The minimum Gasteiger partial charge on any atom is -0.475 e. The lowest BCUT2D eigenvalue weighted by atomic mass is 9.72. The Labute approximate surface area is 179 Å². The number of carboxylic acid groups (broad SMARTS) is 1. The van der Waals surface area contributed by atoms with E-state index in [0.717, 1.165) is 39.0 Å². The fourth-order valence-electron chi connectivity index (χ4n) is 4.27. The van der Waals surface area contributed by atoms with Crippen molar-refractivity contribution in [3.63, 3.8) is 0 Å². The van der Waals surface area contributed by atoms with Crippen molar-refractivity contribution in [2.24, 2.45) is 5.41 Å². The summed E-state index contributed by atoms with van der Waals surface area (Å²) >= 11 is 0. The van der Waals surface area contributed by atoms with Gasteiger partial charge in [-0.15, -0.1) is 0 Å². The maximum atomic E-state index is 14.6. The second-order valence-electron chi connectivity index (χ2n) is 8.24. The standard InChI is InChI=1S/C18H21F2N3O2.C2HF3O2/c19-13-7-11(23-9-18(10-23)3-5-21-6-4-18)8-14(20)16(13)12-1-2-15(24)22-17(12)25;3-2(4,5)1(6)7/h7-8,12,21H,1-6,9-10H2,(H,22,24,25);(H,6,7). The Kier molecular flexibility index (Phi) is 6.72. The highest BCUT2D eigenvalue weighted by Gasteiger charge is 2.44. The summed E-state index contributed by atoms with van der Waals surface area (Å²) in [6.07, 6.45) is -2.68. The molecule has 0 aromatic heterocycles. The first-order chi connectivity index (χ1) is 14.9. The maximum Gasteiger partial charge on any atom is 0.490 e. The van der Waals surface area contributed by atoms with Crippen molar-refractivity contribution in [1.82, 2.24) is 10.6 Å². The van der Waals surface area contributed by atoms with Gasteiger partial charge in [0.2, 0.25) is 11.8 Å². The predicted molar refractivity (Wildman–Crippen MR) is 102 cm³/mol. The van der Waals surface area contributed by atoms with Crippen molar-refractivity contribution >= 4 is 23.5 Å². The summed E-state index contributed by atoms with van der Waals surface area (Å²) in [6, 6.07) is 2.63. The summed E-state index contributed by atoms with van der Waals surface area (Å²) in [5.41, 5.74) is 0.557. The third-order valence-electron chi connectivity index (χ3n) is 5.98. The van der Waals surface area contributed by atoms with Gasteiger partial charge in [-0.25, -0.2) is 13.6 Å². The van der Waals surface area contributed by atoms with E-state index < -0.39 is 41.5 Å². The summed E-state index contributed by atoms with van der Waals surface area (Å²) in [5, 5.41) is 12.6. The molecule has 3 aliphatic heterocycles. The molecule has 3 aliphatic rings. The van der Waals surface area contributed by atoms with Gasteiger partial charge >= 0.3 is 12.1 Å². The number of carbonyl (C=O) groups is 3. The molecule has 3 heterocycles. The lowest BCUT2D eigenvalue weighted by molar-refractivity contribution is -0.192. The van der Waals surface area contributed by atoms with Crippen LogP contribution in [0.3, 0.4) is 0 Å². The first-order valence-electron chi connectivity index (χ1n) is 10.0. The molecule has 4 rings (SSSR count). The highest BCUT2D eigenvalue weighted by molar-refractivity contribution is 6.01. The number of amides is 2. The lowest BCUT2D eigenvalue weighted by Gasteiger charge is -2.53. The van der Waals surface area contributed by atoms with Crippen LogP contribution in [-0.4, -0.2) is 55.2 Å². The monoisotopic (exact) mass is 463 g/mol. The Morgan fingerprint density at radius 2 is 1.62 bits per heavy atom. The highest BCUT2D eigenvalue weighted by atomic mass is 19.4. The van der Waals surface area contributed by atoms with Crippen LogP contribution in [0.5, 0.6) is 0 Å². The summed E-state index contributed by atoms with van der Waals surface area (Å²) in [5.74, 6) is -6.15. The molecular weight excluding hydrogens is 441 g/mol. The van der Waals surface area contributed by atoms with E-state index in [0.29, 0.717) is 5.69 Å². The van der Waals surface area contributed by atoms with Gasteiger partial charge in [0.05, 0.1) is 5.92 Å². The molecule has 32 heavy (non-hydrogen) atoms. The van der Waals surface area contributed by atoms with E-state index >= 15 is 0 Å². The lowest BCUT2D eigenvalue weighted by Crippen LogP contribution is -2.60. The van der Waals surface area contributed by atoms with Gasteiger partial charge in [-0.1, -0.05) is 0 Å². The number of carbonyl (C=O) groups excluding carboxylic acids is 2. The molecule has 1 aromatic rings.